The Hall–Kier alpha value is -2.54. The third kappa shape index (κ3) is 3.32. The highest BCUT2D eigenvalue weighted by Gasteiger charge is 2.33. The Morgan fingerprint density at radius 2 is 1.92 bits per heavy atom. The van der Waals surface area contributed by atoms with Gasteiger partial charge in [-0.1, -0.05) is 17.7 Å². The summed E-state index contributed by atoms with van der Waals surface area (Å²) in [6.07, 6.45) is -2.86. The molecule has 0 saturated heterocycles. The number of rotatable bonds is 2. The number of fused-ring (bicyclic) bond motifs is 1. The van der Waals surface area contributed by atoms with Crippen LogP contribution in [0.15, 0.2) is 36.5 Å². The average Bonchev–Trinajstić information content (AvgIpc) is 2.83. The summed E-state index contributed by atoms with van der Waals surface area (Å²) >= 11 is 5.59. The number of benzene rings is 1. The number of nitrogens with one attached hydrogen (secondary N) is 1. The van der Waals surface area contributed by atoms with Crippen molar-refractivity contribution < 1.29 is 18.0 Å². The van der Waals surface area contributed by atoms with Crippen molar-refractivity contribution >= 4 is 28.8 Å². The normalized spacial score (nSPS) is 11.8. The number of amides is 1. The number of anilines is 1. The third-order valence-corrected chi connectivity index (χ3v) is 4.02. The summed E-state index contributed by atoms with van der Waals surface area (Å²) < 4.78 is 40.4. The second kappa shape index (κ2) is 6.07. The first-order chi connectivity index (χ1) is 11.7. The third-order valence-electron chi connectivity index (χ3n) is 3.69. The second-order valence-electron chi connectivity index (χ2n) is 5.63. The van der Waals surface area contributed by atoms with E-state index in [2.05, 4.69) is 10.3 Å². The van der Waals surface area contributed by atoms with Gasteiger partial charge in [0.15, 0.2) is 0 Å². The second-order valence-corrected chi connectivity index (χ2v) is 6.03. The summed E-state index contributed by atoms with van der Waals surface area (Å²) in [6.45, 7) is 3.53. The number of carbonyl (C=O) groups is 1. The number of pyridine rings is 1. The summed E-state index contributed by atoms with van der Waals surface area (Å²) in [5, 5.41) is 2.05. The van der Waals surface area contributed by atoms with Gasteiger partial charge in [0.2, 0.25) is 0 Å². The molecular weight excluding hydrogens is 355 g/mol. The van der Waals surface area contributed by atoms with Crippen LogP contribution in [0, 0.1) is 13.8 Å². The van der Waals surface area contributed by atoms with E-state index in [1.54, 1.807) is 23.6 Å². The molecule has 3 aromatic rings. The molecule has 4 nitrogen and oxygen atoms in total. The monoisotopic (exact) mass is 367 g/mol. The standard InChI is InChI=1S/C17H13ClF3N3O/c1-9-3-6-14-22-10(2)15(24(14)8-9)16(25)23-11-4-5-13(18)12(7-11)17(19,20)21/h3-8H,1-2H3,(H,23,25). The average molecular weight is 368 g/mol. The number of hydrogen-bond donors (Lipinski definition) is 1. The first-order valence-corrected chi connectivity index (χ1v) is 7.68. The van der Waals surface area contributed by atoms with Gasteiger partial charge >= 0.3 is 6.18 Å². The molecule has 1 aromatic carbocycles. The maximum atomic E-state index is 12.9. The van der Waals surface area contributed by atoms with Gasteiger partial charge in [-0.05, 0) is 43.7 Å². The molecule has 1 amide bonds. The molecule has 2 heterocycles. The molecule has 3 rings (SSSR count). The van der Waals surface area contributed by atoms with Crippen LogP contribution in [0.3, 0.4) is 0 Å². The molecule has 2 aromatic heterocycles. The van der Waals surface area contributed by atoms with Crippen molar-refractivity contribution in [1.82, 2.24) is 9.38 Å². The van der Waals surface area contributed by atoms with Gasteiger partial charge in [0, 0.05) is 11.9 Å². The van der Waals surface area contributed by atoms with Gasteiger partial charge in [-0.15, -0.1) is 0 Å². The molecule has 0 bridgehead atoms. The van der Waals surface area contributed by atoms with Crippen LogP contribution >= 0.6 is 11.6 Å². The van der Waals surface area contributed by atoms with Crippen LogP contribution < -0.4 is 5.32 Å². The van der Waals surface area contributed by atoms with Gasteiger partial charge in [0.25, 0.3) is 5.91 Å². The summed E-state index contributed by atoms with van der Waals surface area (Å²) in [7, 11) is 0. The minimum absolute atomic E-state index is 0.00345. The zero-order chi connectivity index (χ0) is 18.4. The van der Waals surface area contributed by atoms with Crippen molar-refractivity contribution in [2.24, 2.45) is 0 Å². The van der Waals surface area contributed by atoms with Crippen molar-refractivity contribution in [3.8, 4) is 0 Å². The summed E-state index contributed by atoms with van der Waals surface area (Å²) in [4.78, 5) is 16.9. The van der Waals surface area contributed by atoms with E-state index in [-0.39, 0.29) is 11.4 Å². The van der Waals surface area contributed by atoms with Crippen LogP contribution in [0.1, 0.15) is 27.3 Å². The maximum absolute atomic E-state index is 12.9. The lowest BCUT2D eigenvalue weighted by Crippen LogP contribution is -2.16. The molecule has 0 saturated carbocycles. The van der Waals surface area contributed by atoms with Crippen molar-refractivity contribution in [2.75, 3.05) is 5.32 Å². The first-order valence-electron chi connectivity index (χ1n) is 7.30. The zero-order valence-corrected chi connectivity index (χ0v) is 14.0. The van der Waals surface area contributed by atoms with E-state index in [0.717, 1.165) is 17.7 Å². The molecule has 0 atom stereocenters. The van der Waals surface area contributed by atoms with Crippen molar-refractivity contribution in [2.45, 2.75) is 20.0 Å². The van der Waals surface area contributed by atoms with Gasteiger partial charge in [-0.25, -0.2) is 4.98 Å². The Bertz CT molecular complexity index is 979. The Morgan fingerprint density at radius 1 is 1.20 bits per heavy atom. The number of nitrogens with zero attached hydrogens (tertiary/aromatic N) is 2. The van der Waals surface area contributed by atoms with E-state index in [1.807, 2.05) is 13.0 Å². The van der Waals surface area contributed by atoms with Crippen molar-refractivity contribution in [3.63, 3.8) is 0 Å². The van der Waals surface area contributed by atoms with E-state index in [9.17, 15) is 18.0 Å². The highest BCUT2D eigenvalue weighted by molar-refractivity contribution is 6.31. The minimum atomic E-state index is -4.60. The number of imidazole rings is 1. The summed E-state index contributed by atoms with van der Waals surface area (Å²) in [5.41, 5.74) is 1.25. The highest BCUT2D eigenvalue weighted by Crippen LogP contribution is 2.36. The molecule has 25 heavy (non-hydrogen) atoms. The number of hydrogen-bond acceptors (Lipinski definition) is 2. The summed E-state index contributed by atoms with van der Waals surface area (Å²) in [6, 6.07) is 6.86. The molecule has 0 aliphatic rings. The Labute approximate surface area is 146 Å². The molecule has 0 aliphatic carbocycles. The molecule has 0 fully saturated rings. The lowest BCUT2D eigenvalue weighted by molar-refractivity contribution is -0.137. The first kappa shape index (κ1) is 17.3. The van der Waals surface area contributed by atoms with Gasteiger partial charge in [-0.2, -0.15) is 13.2 Å². The molecule has 1 N–H and O–H groups in total. The number of carbonyl (C=O) groups excluding carboxylic acids is 1. The smallest absolute Gasteiger partial charge is 0.321 e. The fourth-order valence-corrected chi connectivity index (χ4v) is 2.78. The van der Waals surface area contributed by atoms with Gasteiger partial charge in [0.05, 0.1) is 16.3 Å². The molecule has 0 unspecified atom stereocenters. The van der Waals surface area contributed by atoms with Crippen LogP contribution in [-0.4, -0.2) is 15.3 Å². The highest BCUT2D eigenvalue weighted by atomic mass is 35.5. The fraction of sp³-hybridized carbons (Fsp3) is 0.176. The van der Waals surface area contributed by atoms with E-state index in [0.29, 0.717) is 11.3 Å². The zero-order valence-electron chi connectivity index (χ0n) is 13.3. The maximum Gasteiger partial charge on any atom is 0.417 e. The molecule has 0 spiro atoms. The number of aromatic nitrogens is 2. The Balaban J connectivity index is 1.99. The van der Waals surface area contributed by atoms with E-state index < -0.39 is 22.7 Å². The van der Waals surface area contributed by atoms with Crippen molar-refractivity contribution in [3.05, 3.63) is 64.1 Å². The van der Waals surface area contributed by atoms with Gasteiger partial charge < -0.3 is 5.32 Å². The van der Waals surface area contributed by atoms with E-state index in [1.165, 1.54) is 6.07 Å². The largest absolute Gasteiger partial charge is 0.417 e. The van der Waals surface area contributed by atoms with Crippen LogP contribution in [0.2, 0.25) is 5.02 Å². The van der Waals surface area contributed by atoms with Crippen LogP contribution in [0.25, 0.3) is 5.65 Å². The number of alkyl halides is 3. The molecule has 8 heteroatoms. The van der Waals surface area contributed by atoms with Crippen LogP contribution in [0.5, 0.6) is 0 Å². The fourth-order valence-electron chi connectivity index (χ4n) is 2.55. The lowest BCUT2D eigenvalue weighted by atomic mass is 10.2. The van der Waals surface area contributed by atoms with Crippen molar-refractivity contribution in [1.29, 1.82) is 0 Å². The predicted octanol–water partition coefficient (Wildman–Crippen LogP) is 4.88. The van der Waals surface area contributed by atoms with Crippen LogP contribution in [-0.2, 0) is 6.18 Å². The van der Waals surface area contributed by atoms with Gasteiger partial charge in [0.1, 0.15) is 11.3 Å². The molecular formula is C17H13ClF3N3O. The quantitative estimate of drug-likeness (QED) is 0.702. The number of aryl methyl sites for hydroxylation is 2. The topological polar surface area (TPSA) is 46.4 Å². The Morgan fingerprint density at radius 3 is 2.60 bits per heavy atom. The Kier molecular flexibility index (Phi) is 4.20. The number of halogens is 4. The lowest BCUT2D eigenvalue weighted by Gasteiger charge is -2.12. The van der Waals surface area contributed by atoms with Crippen LogP contribution in [0.4, 0.5) is 18.9 Å². The molecule has 0 radical (unpaired) electrons. The molecule has 0 aliphatic heterocycles. The minimum Gasteiger partial charge on any atom is -0.321 e. The molecule has 130 valence electrons. The SMILES string of the molecule is Cc1ccc2nc(C)c(C(=O)Nc3ccc(Cl)c(C(F)(F)F)c3)n2c1. The van der Waals surface area contributed by atoms with Gasteiger partial charge in [-0.3, -0.25) is 9.20 Å². The van der Waals surface area contributed by atoms with E-state index >= 15 is 0 Å². The summed E-state index contributed by atoms with van der Waals surface area (Å²) in [5.74, 6) is -0.550. The van der Waals surface area contributed by atoms with E-state index in [4.69, 9.17) is 11.6 Å². The predicted molar refractivity (Wildman–Crippen MR) is 89.1 cm³/mol.